The Balaban J connectivity index is 1.92. The second-order valence-electron chi connectivity index (χ2n) is 5.75. The van der Waals surface area contributed by atoms with Crippen molar-refractivity contribution in [2.45, 2.75) is 17.7 Å². The summed E-state index contributed by atoms with van der Waals surface area (Å²) in [6.45, 7) is 0.516. The van der Waals surface area contributed by atoms with Crippen molar-refractivity contribution in [1.82, 2.24) is 4.72 Å². The van der Waals surface area contributed by atoms with Crippen LogP contribution in [-0.2, 0) is 16.4 Å². The molecule has 0 saturated heterocycles. The molecule has 0 spiro atoms. The van der Waals surface area contributed by atoms with Crippen molar-refractivity contribution in [3.63, 3.8) is 0 Å². The summed E-state index contributed by atoms with van der Waals surface area (Å²) in [4.78, 5) is 14.7. The fourth-order valence-corrected chi connectivity index (χ4v) is 3.90. The van der Waals surface area contributed by atoms with E-state index in [-0.39, 0.29) is 17.3 Å². The van der Waals surface area contributed by atoms with E-state index in [1.54, 1.807) is 17.0 Å². The van der Waals surface area contributed by atoms with Gasteiger partial charge in [0.1, 0.15) is 0 Å². The van der Waals surface area contributed by atoms with E-state index in [0.29, 0.717) is 12.1 Å². The van der Waals surface area contributed by atoms with Crippen molar-refractivity contribution in [3.8, 4) is 12.3 Å². The lowest BCUT2D eigenvalue weighted by Gasteiger charge is -2.29. The Morgan fingerprint density at radius 2 is 2.00 bits per heavy atom. The number of carbonyl (C=O) groups is 1. The zero-order valence-corrected chi connectivity index (χ0v) is 14.4. The molecule has 5 nitrogen and oxygen atoms in total. The highest BCUT2D eigenvalue weighted by atomic mass is 32.2. The molecule has 1 aliphatic rings. The third-order valence-corrected chi connectivity index (χ3v) is 5.51. The minimum atomic E-state index is -3.73. The van der Waals surface area contributed by atoms with Crippen LogP contribution in [0.2, 0.25) is 0 Å². The summed E-state index contributed by atoms with van der Waals surface area (Å²) in [7, 11) is -3.73. The smallest absolute Gasteiger partial charge is 0.258 e. The van der Waals surface area contributed by atoms with Gasteiger partial charge in [-0.1, -0.05) is 30.2 Å². The summed E-state index contributed by atoms with van der Waals surface area (Å²) in [5, 5.41) is 0. The molecule has 0 saturated carbocycles. The van der Waals surface area contributed by atoms with Crippen LogP contribution < -0.4 is 9.62 Å². The Kier molecular flexibility index (Phi) is 4.88. The average molecular weight is 354 g/mol. The van der Waals surface area contributed by atoms with Gasteiger partial charge in [0, 0.05) is 17.8 Å². The molecule has 3 rings (SSSR count). The molecule has 128 valence electrons. The fourth-order valence-electron chi connectivity index (χ4n) is 2.92. The van der Waals surface area contributed by atoms with Crippen LogP contribution >= 0.6 is 0 Å². The Hall–Kier alpha value is -2.62. The number of hydrogen-bond donors (Lipinski definition) is 1. The van der Waals surface area contributed by atoms with E-state index in [2.05, 4.69) is 10.6 Å². The lowest BCUT2D eigenvalue weighted by molar-refractivity contribution is 0.0985. The Bertz CT molecular complexity index is 945. The van der Waals surface area contributed by atoms with E-state index in [1.165, 1.54) is 12.1 Å². The third-order valence-electron chi connectivity index (χ3n) is 4.11. The maximum Gasteiger partial charge on any atom is 0.258 e. The number of rotatable bonds is 4. The first kappa shape index (κ1) is 17.2. The topological polar surface area (TPSA) is 66.5 Å². The van der Waals surface area contributed by atoms with Crippen molar-refractivity contribution in [1.29, 1.82) is 0 Å². The quantitative estimate of drug-likeness (QED) is 0.856. The number of amides is 1. The number of sulfonamides is 1. The molecule has 2 aromatic rings. The van der Waals surface area contributed by atoms with Gasteiger partial charge in [-0.15, -0.1) is 6.42 Å². The van der Waals surface area contributed by atoms with Gasteiger partial charge in [-0.3, -0.25) is 4.79 Å². The van der Waals surface area contributed by atoms with Gasteiger partial charge in [0.05, 0.1) is 11.4 Å². The van der Waals surface area contributed by atoms with Crippen LogP contribution in [0.1, 0.15) is 22.3 Å². The highest BCUT2D eigenvalue weighted by molar-refractivity contribution is 7.89. The van der Waals surface area contributed by atoms with Crippen LogP contribution in [-0.4, -0.2) is 27.4 Å². The number of terminal acetylenes is 1. The summed E-state index contributed by atoms with van der Waals surface area (Å²) >= 11 is 0. The molecule has 6 heteroatoms. The van der Waals surface area contributed by atoms with Crippen LogP contribution in [0.4, 0.5) is 5.69 Å². The van der Waals surface area contributed by atoms with E-state index in [9.17, 15) is 13.2 Å². The molecular formula is C19H18N2O3S. The molecular weight excluding hydrogens is 336 g/mol. The monoisotopic (exact) mass is 354 g/mol. The molecule has 0 unspecified atom stereocenters. The second-order valence-corrected chi connectivity index (χ2v) is 7.51. The normalized spacial score (nSPS) is 13.8. The van der Waals surface area contributed by atoms with E-state index in [4.69, 9.17) is 6.42 Å². The van der Waals surface area contributed by atoms with Crippen LogP contribution in [0.15, 0.2) is 53.4 Å². The number of nitrogens with one attached hydrogen (secondary N) is 1. The van der Waals surface area contributed by atoms with Crippen molar-refractivity contribution < 1.29 is 13.2 Å². The predicted octanol–water partition coefficient (Wildman–Crippen LogP) is 2.19. The van der Waals surface area contributed by atoms with Crippen molar-refractivity contribution in [3.05, 3.63) is 59.7 Å². The SMILES string of the molecule is C#CCNS(=O)(=O)c1cccc(C(=O)N2CCCc3ccccc32)c1. The molecule has 0 aliphatic carbocycles. The zero-order valence-electron chi connectivity index (χ0n) is 13.6. The molecule has 0 radical (unpaired) electrons. The first-order chi connectivity index (χ1) is 12.0. The number of benzene rings is 2. The number of anilines is 1. The standard InChI is InChI=1S/C19H18N2O3S/c1-2-12-20-25(23,24)17-10-5-8-16(14-17)19(22)21-13-6-9-15-7-3-4-11-18(15)21/h1,3-5,7-8,10-11,14,20H,6,9,12-13H2. The molecule has 2 aromatic carbocycles. The summed E-state index contributed by atoms with van der Waals surface area (Å²) in [6.07, 6.45) is 6.91. The first-order valence-corrected chi connectivity index (χ1v) is 9.44. The summed E-state index contributed by atoms with van der Waals surface area (Å²) in [6, 6.07) is 13.8. The average Bonchev–Trinajstić information content (AvgIpc) is 2.65. The van der Waals surface area contributed by atoms with Gasteiger partial charge in [-0.05, 0) is 42.7 Å². The van der Waals surface area contributed by atoms with Gasteiger partial charge >= 0.3 is 0 Å². The lowest BCUT2D eigenvalue weighted by Crippen LogP contribution is -2.35. The van der Waals surface area contributed by atoms with Crippen molar-refractivity contribution in [2.24, 2.45) is 0 Å². The van der Waals surface area contributed by atoms with Crippen molar-refractivity contribution >= 4 is 21.6 Å². The van der Waals surface area contributed by atoms with Gasteiger partial charge in [0.15, 0.2) is 0 Å². The molecule has 25 heavy (non-hydrogen) atoms. The summed E-state index contributed by atoms with van der Waals surface area (Å²) in [5.74, 6) is 2.02. The van der Waals surface area contributed by atoms with E-state index in [0.717, 1.165) is 24.1 Å². The molecule has 1 amide bonds. The molecule has 0 fully saturated rings. The first-order valence-electron chi connectivity index (χ1n) is 7.96. The van der Waals surface area contributed by atoms with E-state index >= 15 is 0 Å². The maximum atomic E-state index is 12.9. The van der Waals surface area contributed by atoms with Gasteiger partial charge in [0.2, 0.25) is 10.0 Å². The fraction of sp³-hybridized carbons (Fsp3) is 0.211. The van der Waals surface area contributed by atoms with Crippen LogP contribution in [0.25, 0.3) is 0 Å². The number of nitrogens with zero attached hydrogens (tertiary/aromatic N) is 1. The minimum absolute atomic E-state index is 0.0268. The molecule has 0 aromatic heterocycles. The number of para-hydroxylation sites is 1. The highest BCUT2D eigenvalue weighted by Gasteiger charge is 2.24. The number of carbonyl (C=O) groups excluding carboxylic acids is 1. The van der Waals surface area contributed by atoms with Gasteiger partial charge in [-0.25, -0.2) is 8.42 Å². The molecule has 0 bridgehead atoms. The largest absolute Gasteiger partial charge is 0.308 e. The maximum absolute atomic E-state index is 12.9. The third kappa shape index (κ3) is 3.58. The molecule has 1 N–H and O–H groups in total. The summed E-state index contributed by atoms with van der Waals surface area (Å²) in [5.41, 5.74) is 2.35. The minimum Gasteiger partial charge on any atom is -0.308 e. The van der Waals surface area contributed by atoms with Crippen LogP contribution in [0.3, 0.4) is 0 Å². The van der Waals surface area contributed by atoms with Gasteiger partial charge in [-0.2, -0.15) is 4.72 Å². The predicted molar refractivity (Wildman–Crippen MR) is 96.9 cm³/mol. The Labute approximate surface area is 147 Å². The Morgan fingerprint density at radius 1 is 1.20 bits per heavy atom. The number of fused-ring (bicyclic) bond motifs is 1. The van der Waals surface area contributed by atoms with E-state index in [1.807, 2.05) is 24.3 Å². The zero-order chi connectivity index (χ0) is 17.9. The van der Waals surface area contributed by atoms with Crippen LogP contribution in [0.5, 0.6) is 0 Å². The van der Waals surface area contributed by atoms with Gasteiger partial charge in [0.25, 0.3) is 5.91 Å². The van der Waals surface area contributed by atoms with E-state index < -0.39 is 10.0 Å². The van der Waals surface area contributed by atoms with Crippen molar-refractivity contribution in [2.75, 3.05) is 18.0 Å². The molecule has 1 heterocycles. The Morgan fingerprint density at radius 3 is 2.80 bits per heavy atom. The molecule has 1 aliphatic heterocycles. The lowest BCUT2D eigenvalue weighted by atomic mass is 10.0. The number of hydrogen-bond acceptors (Lipinski definition) is 3. The molecule has 0 atom stereocenters. The number of aryl methyl sites for hydroxylation is 1. The summed E-state index contributed by atoms with van der Waals surface area (Å²) < 4.78 is 26.7. The van der Waals surface area contributed by atoms with Crippen LogP contribution in [0, 0.1) is 12.3 Å². The van der Waals surface area contributed by atoms with Gasteiger partial charge < -0.3 is 4.90 Å². The second kappa shape index (κ2) is 7.09. The highest BCUT2D eigenvalue weighted by Crippen LogP contribution is 2.28.